The van der Waals surface area contributed by atoms with Gasteiger partial charge in [-0.15, -0.1) is 0 Å². The summed E-state index contributed by atoms with van der Waals surface area (Å²) in [5, 5.41) is 1.19. The molecule has 2 heterocycles. The van der Waals surface area contributed by atoms with Gasteiger partial charge in [0.25, 0.3) is 0 Å². The van der Waals surface area contributed by atoms with E-state index in [1.54, 1.807) is 0 Å². The molecule has 0 aliphatic heterocycles. The molecule has 2 heteroatoms. The third kappa shape index (κ3) is 1.15. The molecule has 13 heavy (non-hydrogen) atoms. The van der Waals surface area contributed by atoms with Crippen LogP contribution in [0.25, 0.3) is 16.6 Å². The lowest BCUT2D eigenvalue weighted by Crippen LogP contribution is -1.81. The van der Waals surface area contributed by atoms with Crippen LogP contribution in [-0.4, -0.2) is 9.97 Å². The van der Waals surface area contributed by atoms with Crippen LogP contribution in [0, 0.1) is 6.92 Å². The summed E-state index contributed by atoms with van der Waals surface area (Å²) >= 11 is 0. The van der Waals surface area contributed by atoms with E-state index in [9.17, 15) is 0 Å². The summed E-state index contributed by atoms with van der Waals surface area (Å²) < 4.78 is 0. The van der Waals surface area contributed by atoms with E-state index < -0.39 is 0 Å². The Labute approximate surface area is 77.3 Å². The quantitative estimate of drug-likeness (QED) is 0.704. The summed E-state index contributed by atoms with van der Waals surface area (Å²) in [6, 6.07) is 2.02. The fourth-order valence-corrected chi connectivity index (χ4v) is 1.56. The zero-order valence-corrected chi connectivity index (χ0v) is 7.89. The third-order valence-electron chi connectivity index (χ3n) is 2.24. The first-order valence-corrected chi connectivity index (χ1v) is 4.28. The first kappa shape index (κ1) is 8.05. The molecule has 0 aromatic carbocycles. The molecule has 2 aromatic heterocycles. The van der Waals surface area contributed by atoms with Crippen molar-refractivity contribution in [2.24, 2.45) is 0 Å². The van der Waals surface area contributed by atoms with Crippen LogP contribution in [-0.2, 0) is 0 Å². The number of hydrogen-bond donors (Lipinski definition) is 1. The number of pyridine rings is 1. The molecule has 0 spiro atoms. The van der Waals surface area contributed by atoms with E-state index in [2.05, 4.69) is 23.5 Å². The predicted octanol–water partition coefficient (Wildman–Crippen LogP) is 2.90. The van der Waals surface area contributed by atoms with Crippen molar-refractivity contribution in [3.63, 3.8) is 0 Å². The second-order valence-corrected chi connectivity index (χ2v) is 3.33. The molecule has 0 aliphatic rings. The van der Waals surface area contributed by atoms with Crippen molar-refractivity contribution in [1.82, 2.24) is 9.97 Å². The maximum atomic E-state index is 4.25. The molecule has 66 valence electrons. The number of rotatable bonds is 1. The number of hydrogen-bond acceptors (Lipinski definition) is 1. The molecule has 0 unspecified atom stereocenters. The molecule has 0 aliphatic carbocycles. The molecular weight excluding hydrogens is 160 g/mol. The van der Waals surface area contributed by atoms with Gasteiger partial charge in [-0.2, -0.15) is 0 Å². The SMILES string of the molecule is C=C(C)c1c[nH]c2nccc(C)c12. The van der Waals surface area contributed by atoms with E-state index in [1.165, 1.54) is 16.5 Å². The fourth-order valence-electron chi connectivity index (χ4n) is 1.56. The van der Waals surface area contributed by atoms with Crippen LogP contribution >= 0.6 is 0 Å². The van der Waals surface area contributed by atoms with Crippen LogP contribution in [0.5, 0.6) is 0 Å². The molecule has 2 aromatic rings. The average Bonchev–Trinajstić information content (AvgIpc) is 2.49. The molecule has 0 atom stereocenters. The highest BCUT2D eigenvalue weighted by molar-refractivity contribution is 5.91. The van der Waals surface area contributed by atoms with Crippen molar-refractivity contribution in [1.29, 1.82) is 0 Å². The van der Waals surface area contributed by atoms with E-state index >= 15 is 0 Å². The Balaban J connectivity index is 2.86. The lowest BCUT2D eigenvalue weighted by Gasteiger charge is -1.99. The number of fused-ring (bicyclic) bond motifs is 1. The minimum absolute atomic E-state index is 0.943. The Bertz CT molecular complexity index is 466. The average molecular weight is 172 g/mol. The fraction of sp³-hybridized carbons (Fsp3) is 0.182. The highest BCUT2D eigenvalue weighted by Crippen LogP contribution is 2.24. The summed E-state index contributed by atoms with van der Waals surface area (Å²) in [6.07, 6.45) is 3.78. The number of aryl methyl sites for hydroxylation is 1. The molecule has 0 saturated carbocycles. The summed E-state index contributed by atoms with van der Waals surface area (Å²) in [7, 11) is 0. The topological polar surface area (TPSA) is 28.7 Å². The number of H-pyrrole nitrogens is 1. The summed E-state index contributed by atoms with van der Waals surface area (Å²) in [5.41, 5.74) is 4.42. The first-order chi connectivity index (χ1) is 6.20. The van der Waals surface area contributed by atoms with Crippen LogP contribution in [0.4, 0.5) is 0 Å². The number of aromatic amines is 1. The van der Waals surface area contributed by atoms with Gasteiger partial charge < -0.3 is 4.98 Å². The molecule has 2 rings (SSSR count). The van der Waals surface area contributed by atoms with Crippen LogP contribution < -0.4 is 0 Å². The van der Waals surface area contributed by atoms with Crippen LogP contribution in [0.2, 0.25) is 0 Å². The maximum absolute atomic E-state index is 4.25. The van der Waals surface area contributed by atoms with E-state index in [0.29, 0.717) is 0 Å². The molecule has 0 amide bonds. The Kier molecular flexibility index (Phi) is 1.69. The van der Waals surface area contributed by atoms with Gasteiger partial charge in [0, 0.05) is 23.3 Å². The van der Waals surface area contributed by atoms with Crippen LogP contribution in [0.3, 0.4) is 0 Å². The van der Waals surface area contributed by atoms with Gasteiger partial charge >= 0.3 is 0 Å². The normalized spacial score (nSPS) is 10.6. The summed E-state index contributed by atoms with van der Waals surface area (Å²) in [5.74, 6) is 0. The molecule has 2 nitrogen and oxygen atoms in total. The predicted molar refractivity (Wildman–Crippen MR) is 55.5 cm³/mol. The summed E-state index contributed by atoms with van der Waals surface area (Å²) in [4.78, 5) is 7.39. The number of allylic oxidation sites excluding steroid dienone is 1. The van der Waals surface area contributed by atoms with Gasteiger partial charge in [0.1, 0.15) is 5.65 Å². The van der Waals surface area contributed by atoms with Crippen LogP contribution in [0.1, 0.15) is 18.1 Å². The second-order valence-electron chi connectivity index (χ2n) is 3.33. The molecule has 0 fully saturated rings. The highest BCUT2D eigenvalue weighted by atomic mass is 14.8. The van der Waals surface area contributed by atoms with Crippen molar-refractivity contribution in [3.05, 3.63) is 36.2 Å². The van der Waals surface area contributed by atoms with Gasteiger partial charge in [0.05, 0.1) is 0 Å². The van der Waals surface area contributed by atoms with E-state index in [0.717, 1.165) is 11.2 Å². The van der Waals surface area contributed by atoms with Gasteiger partial charge in [-0.25, -0.2) is 4.98 Å². The lowest BCUT2D eigenvalue weighted by molar-refractivity contribution is 1.31. The van der Waals surface area contributed by atoms with Gasteiger partial charge in [-0.05, 0) is 31.1 Å². The number of aromatic nitrogens is 2. The highest BCUT2D eigenvalue weighted by Gasteiger charge is 2.06. The molecular formula is C11H12N2. The van der Waals surface area contributed by atoms with Crippen molar-refractivity contribution >= 4 is 16.6 Å². The Morgan fingerprint density at radius 3 is 3.00 bits per heavy atom. The van der Waals surface area contributed by atoms with E-state index in [1.807, 2.05) is 25.4 Å². The minimum Gasteiger partial charge on any atom is -0.346 e. The Morgan fingerprint density at radius 2 is 2.31 bits per heavy atom. The summed E-state index contributed by atoms with van der Waals surface area (Å²) in [6.45, 7) is 8.04. The van der Waals surface area contributed by atoms with Crippen molar-refractivity contribution in [2.75, 3.05) is 0 Å². The molecule has 0 radical (unpaired) electrons. The smallest absolute Gasteiger partial charge is 0.138 e. The zero-order valence-electron chi connectivity index (χ0n) is 7.89. The van der Waals surface area contributed by atoms with Crippen molar-refractivity contribution < 1.29 is 0 Å². The lowest BCUT2D eigenvalue weighted by atomic mass is 10.1. The van der Waals surface area contributed by atoms with Gasteiger partial charge in [0.15, 0.2) is 0 Å². The minimum atomic E-state index is 0.943. The Morgan fingerprint density at radius 1 is 1.54 bits per heavy atom. The number of nitrogens with zero attached hydrogens (tertiary/aromatic N) is 1. The van der Waals surface area contributed by atoms with E-state index in [4.69, 9.17) is 0 Å². The maximum Gasteiger partial charge on any atom is 0.138 e. The molecule has 0 saturated heterocycles. The molecule has 1 N–H and O–H groups in total. The molecule has 0 bridgehead atoms. The monoisotopic (exact) mass is 172 g/mol. The van der Waals surface area contributed by atoms with Gasteiger partial charge in [0.2, 0.25) is 0 Å². The zero-order chi connectivity index (χ0) is 9.42. The van der Waals surface area contributed by atoms with Crippen molar-refractivity contribution in [3.8, 4) is 0 Å². The Hall–Kier alpha value is -1.57. The first-order valence-electron chi connectivity index (χ1n) is 4.28. The largest absolute Gasteiger partial charge is 0.346 e. The number of nitrogens with one attached hydrogen (secondary N) is 1. The van der Waals surface area contributed by atoms with Gasteiger partial charge in [-0.3, -0.25) is 0 Å². The second kappa shape index (κ2) is 2.73. The van der Waals surface area contributed by atoms with E-state index in [-0.39, 0.29) is 0 Å². The van der Waals surface area contributed by atoms with Crippen LogP contribution in [0.15, 0.2) is 25.0 Å². The third-order valence-corrected chi connectivity index (χ3v) is 2.24. The van der Waals surface area contributed by atoms with Crippen molar-refractivity contribution in [2.45, 2.75) is 13.8 Å². The van der Waals surface area contributed by atoms with Gasteiger partial charge in [-0.1, -0.05) is 6.58 Å². The standard InChI is InChI=1S/C11H12N2/c1-7(2)9-6-13-11-10(9)8(3)4-5-12-11/h4-6H,1H2,2-3H3,(H,12,13).